The summed E-state index contributed by atoms with van der Waals surface area (Å²) >= 11 is 6.09. The van der Waals surface area contributed by atoms with Crippen LogP contribution < -0.4 is 5.32 Å². The number of carbonyl (C=O) groups excluding carboxylic acids is 1. The van der Waals surface area contributed by atoms with Crippen molar-refractivity contribution in [3.63, 3.8) is 0 Å². The number of amides is 1. The van der Waals surface area contributed by atoms with Gasteiger partial charge in [0.15, 0.2) is 0 Å². The summed E-state index contributed by atoms with van der Waals surface area (Å²) in [6.07, 6.45) is 2.18. The van der Waals surface area contributed by atoms with Crippen LogP contribution in [0.15, 0.2) is 0 Å². The molecular formula is C13H22Cl2N4O. The van der Waals surface area contributed by atoms with E-state index in [0.717, 1.165) is 37.3 Å². The van der Waals surface area contributed by atoms with E-state index in [2.05, 4.69) is 10.4 Å². The highest BCUT2D eigenvalue weighted by molar-refractivity contribution is 6.31. The average Bonchev–Trinajstić information content (AvgIpc) is 2.66. The summed E-state index contributed by atoms with van der Waals surface area (Å²) in [6, 6.07) is 0.404. The molecule has 0 aromatic carbocycles. The predicted octanol–water partition coefficient (Wildman–Crippen LogP) is 1.79. The van der Waals surface area contributed by atoms with Gasteiger partial charge in [-0.25, -0.2) is 0 Å². The molecule has 1 unspecified atom stereocenters. The summed E-state index contributed by atoms with van der Waals surface area (Å²) in [5, 5.41) is 8.20. The second-order valence-electron chi connectivity index (χ2n) is 5.11. The molecule has 1 aliphatic heterocycles. The fourth-order valence-corrected chi connectivity index (χ4v) is 2.63. The molecule has 1 aromatic rings. The summed E-state index contributed by atoms with van der Waals surface area (Å²) in [4.78, 5) is 14.2. The standard InChI is InChI=1S/C13H21ClN4O.ClH/c1-9-13(14)10(2)18(16-9)8-12(19)17-6-4-5-11(7-17)15-3;/h11,15H,4-8H2,1-3H3;1H. The summed E-state index contributed by atoms with van der Waals surface area (Å²) in [6.45, 7) is 5.64. The molecule has 1 aromatic heterocycles. The molecule has 2 heterocycles. The quantitative estimate of drug-likeness (QED) is 0.923. The van der Waals surface area contributed by atoms with E-state index in [9.17, 15) is 4.79 Å². The summed E-state index contributed by atoms with van der Waals surface area (Å²) < 4.78 is 1.70. The van der Waals surface area contributed by atoms with Crippen molar-refractivity contribution in [1.29, 1.82) is 0 Å². The number of likely N-dealkylation sites (N-methyl/N-ethyl adjacent to an activating group) is 1. The molecule has 1 amide bonds. The van der Waals surface area contributed by atoms with Gasteiger partial charge in [0.05, 0.1) is 16.4 Å². The molecule has 0 bridgehead atoms. The van der Waals surface area contributed by atoms with E-state index < -0.39 is 0 Å². The number of halogens is 2. The Bertz CT molecular complexity index is 475. The average molecular weight is 321 g/mol. The number of aryl methyl sites for hydroxylation is 1. The molecule has 2 rings (SSSR count). The van der Waals surface area contributed by atoms with E-state index in [1.165, 1.54) is 0 Å². The van der Waals surface area contributed by atoms with Gasteiger partial charge in [-0.05, 0) is 33.7 Å². The van der Waals surface area contributed by atoms with E-state index in [0.29, 0.717) is 11.1 Å². The van der Waals surface area contributed by atoms with Crippen LogP contribution in [-0.2, 0) is 11.3 Å². The van der Waals surface area contributed by atoms with Crippen molar-refractivity contribution in [3.8, 4) is 0 Å². The van der Waals surface area contributed by atoms with Crippen LogP contribution in [0.1, 0.15) is 24.2 Å². The second-order valence-corrected chi connectivity index (χ2v) is 5.49. The summed E-state index contributed by atoms with van der Waals surface area (Å²) in [5.41, 5.74) is 1.63. The van der Waals surface area contributed by atoms with Gasteiger partial charge >= 0.3 is 0 Å². The Kier molecular flexibility index (Phi) is 6.30. The molecule has 20 heavy (non-hydrogen) atoms. The van der Waals surface area contributed by atoms with Crippen LogP contribution in [0.2, 0.25) is 5.02 Å². The van der Waals surface area contributed by atoms with Gasteiger partial charge in [0.1, 0.15) is 6.54 Å². The molecule has 1 atom stereocenters. The maximum atomic E-state index is 12.3. The zero-order valence-corrected chi connectivity index (χ0v) is 13.7. The normalized spacial score (nSPS) is 18.8. The SMILES string of the molecule is CNC1CCCN(C(=O)Cn2nc(C)c(Cl)c2C)C1.Cl. The topological polar surface area (TPSA) is 50.2 Å². The maximum Gasteiger partial charge on any atom is 0.244 e. The van der Waals surface area contributed by atoms with Crippen molar-refractivity contribution in [2.45, 2.75) is 39.3 Å². The minimum Gasteiger partial charge on any atom is -0.340 e. The minimum atomic E-state index is 0. The fraction of sp³-hybridized carbons (Fsp3) is 0.692. The Labute approximate surface area is 131 Å². The number of nitrogens with zero attached hydrogens (tertiary/aromatic N) is 3. The molecule has 0 saturated carbocycles. The van der Waals surface area contributed by atoms with Crippen LogP contribution in [-0.4, -0.2) is 46.8 Å². The lowest BCUT2D eigenvalue weighted by atomic mass is 10.1. The first-order valence-corrected chi connectivity index (χ1v) is 7.05. The van der Waals surface area contributed by atoms with Gasteiger partial charge < -0.3 is 10.2 Å². The Morgan fingerprint density at radius 3 is 2.75 bits per heavy atom. The Morgan fingerprint density at radius 2 is 2.20 bits per heavy atom. The van der Waals surface area contributed by atoms with Crippen molar-refractivity contribution in [2.75, 3.05) is 20.1 Å². The highest BCUT2D eigenvalue weighted by atomic mass is 35.5. The molecule has 7 heteroatoms. The zero-order chi connectivity index (χ0) is 14.0. The molecule has 1 saturated heterocycles. The van der Waals surface area contributed by atoms with Crippen molar-refractivity contribution in [1.82, 2.24) is 20.0 Å². The van der Waals surface area contributed by atoms with Crippen molar-refractivity contribution >= 4 is 29.9 Å². The molecule has 1 N–H and O–H groups in total. The van der Waals surface area contributed by atoms with Crippen molar-refractivity contribution in [2.24, 2.45) is 0 Å². The minimum absolute atomic E-state index is 0. The number of aromatic nitrogens is 2. The number of hydrogen-bond donors (Lipinski definition) is 1. The van der Waals surface area contributed by atoms with Crippen LogP contribution >= 0.6 is 24.0 Å². The van der Waals surface area contributed by atoms with Gasteiger partial charge in [-0.1, -0.05) is 11.6 Å². The number of hydrogen-bond acceptors (Lipinski definition) is 3. The Hall–Kier alpha value is -0.780. The van der Waals surface area contributed by atoms with Gasteiger partial charge in [0.2, 0.25) is 5.91 Å². The molecule has 0 spiro atoms. The van der Waals surface area contributed by atoms with Gasteiger partial charge in [0, 0.05) is 19.1 Å². The lowest BCUT2D eigenvalue weighted by Crippen LogP contribution is -2.48. The summed E-state index contributed by atoms with van der Waals surface area (Å²) in [7, 11) is 1.94. The van der Waals surface area contributed by atoms with Gasteiger partial charge in [-0.2, -0.15) is 5.10 Å². The van der Waals surface area contributed by atoms with E-state index in [1.807, 2.05) is 25.8 Å². The third-order valence-corrected chi connectivity index (χ3v) is 4.31. The maximum absolute atomic E-state index is 12.3. The van der Waals surface area contributed by atoms with E-state index in [-0.39, 0.29) is 24.9 Å². The van der Waals surface area contributed by atoms with Crippen LogP contribution in [0.5, 0.6) is 0 Å². The summed E-state index contributed by atoms with van der Waals surface area (Å²) in [5.74, 6) is 0.113. The number of rotatable bonds is 3. The second kappa shape index (κ2) is 7.29. The molecular weight excluding hydrogens is 299 g/mol. The molecule has 0 radical (unpaired) electrons. The zero-order valence-electron chi connectivity index (χ0n) is 12.1. The molecule has 0 aliphatic carbocycles. The third-order valence-electron chi connectivity index (χ3n) is 3.76. The van der Waals surface area contributed by atoms with Crippen LogP contribution in [0.4, 0.5) is 0 Å². The van der Waals surface area contributed by atoms with Crippen LogP contribution in [0.25, 0.3) is 0 Å². The van der Waals surface area contributed by atoms with E-state index in [4.69, 9.17) is 11.6 Å². The first-order valence-electron chi connectivity index (χ1n) is 6.67. The van der Waals surface area contributed by atoms with Gasteiger partial charge in [-0.15, -0.1) is 12.4 Å². The molecule has 114 valence electrons. The van der Waals surface area contributed by atoms with Crippen molar-refractivity contribution < 1.29 is 4.79 Å². The molecule has 5 nitrogen and oxygen atoms in total. The Morgan fingerprint density at radius 1 is 1.50 bits per heavy atom. The highest BCUT2D eigenvalue weighted by Gasteiger charge is 2.23. The first-order chi connectivity index (χ1) is 9.02. The fourth-order valence-electron chi connectivity index (χ4n) is 2.50. The van der Waals surface area contributed by atoms with Crippen LogP contribution in [0, 0.1) is 13.8 Å². The largest absolute Gasteiger partial charge is 0.340 e. The van der Waals surface area contributed by atoms with Crippen LogP contribution in [0.3, 0.4) is 0 Å². The first kappa shape index (κ1) is 17.3. The van der Waals surface area contributed by atoms with E-state index in [1.54, 1.807) is 4.68 Å². The predicted molar refractivity (Wildman–Crippen MR) is 82.6 cm³/mol. The lowest BCUT2D eigenvalue weighted by molar-refractivity contribution is -0.133. The number of nitrogens with one attached hydrogen (secondary N) is 1. The smallest absolute Gasteiger partial charge is 0.244 e. The van der Waals surface area contributed by atoms with Crippen molar-refractivity contribution in [3.05, 3.63) is 16.4 Å². The third kappa shape index (κ3) is 3.65. The monoisotopic (exact) mass is 320 g/mol. The van der Waals surface area contributed by atoms with E-state index >= 15 is 0 Å². The van der Waals surface area contributed by atoms with Gasteiger partial charge in [-0.3, -0.25) is 9.48 Å². The lowest BCUT2D eigenvalue weighted by Gasteiger charge is -2.32. The van der Waals surface area contributed by atoms with Gasteiger partial charge in [0.25, 0.3) is 0 Å². The highest BCUT2D eigenvalue weighted by Crippen LogP contribution is 2.19. The Balaban J connectivity index is 0.00000200. The molecule has 1 fully saturated rings. The number of carbonyl (C=O) groups is 1. The molecule has 1 aliphatic rings. The number of piperidine rings is 1. The number of likely N-dealkylation sites (tertiary alicyclic amines) is 1.